The summed E-state index contributed by atoms with van der Waals surface area (Å²) >= 11 is 0. The lowest BCUT2D eigenvalue weighted by molar-refractivity contribution is -0.137. The smallest absolute Gasteiger partial charge is 0.342 e. The van der Waals surface area contributed by atoms with Crippen LogP contribution in [-0.2, 0) is 26.6 Å². The lowest BCUT2D eigenvalue weighted by Crippen LogP contribution is -2.39. The third-order valence-corrected chi connectivity index (χ3v) is 5.69. The molecule has 0 saturated carbocycles. The summed E-state index contributed by atoms with van der Waals surface area (Å²) in [6.07, 6.45) is -1.83. The second-order valence-electron chi connectivity index (χ2n) is 6.56. The van der Waals surface area contributed by atoms with Crippen LogP contribution in [-0.4, -0.2) is 48.2 Å². The highest BCUT2D eigenvalue weighted by molar-refractivity contribution is 7.91. The molecule has 0 N–H and O–H groups in total. The van der Waals surface area contributed by atoms with E-state index in [1.165, 1.54) is 17.0 Å². The molecule has 0 unspecified atom stereocenters. The van der Waals surface area contributed by atoms with Crippen LogP contribution in [0.4, 0.5) is 13.2 Å². The Bertz CT molecular complexity index is 951. The van der Waals surface area contributed by atoms with Gasteiger partial charge in [0.25, 0.3) is 0 Å². The van der Waals surface area contributed by atoms with Crippen molar-refractivity contribution in [2.45, 2.75) is 31.2 Å². The Labute approximate surface area is 159 Å². The number of sulfone groups is 1. The van der Waals surface area contributed by atoms with Gasteiger partial charge in [0.05, 0.1) is 5.56 Å². The van der Waals surface area contributed by atoms with Gasteiger partial charge in [0, 0.05) is 18.7 Å². The maximum atomic E-state index is 12.8. The zero-order chi connectivity index (χ0) is 20.4. The summed E-state index contributed by atoms with van der Waals surface area (Å²) in [6.45, 7) is 1.07. The molecular weight excluding hydrogens is 399 g/mol. The number of nitrogens with zero attached hydrogens (tertiary/aromatic N) is 3. The maximum Gasteiger partial charge on any atom is 0.416 e. The van der Waals surface area contributed by atoms with Gasteiger partial charge in [-0.1, -0.05) is 17.3 Å². The first-order valence-corrected chi connectivity index (χ1v) is 10.4. The fourth-order valence-electron chi connectivity index (χ4n) is 2.93. The van der Waals surface area contributed by atoms with Crippen LogP contribution in [0.5, 0.6) is 0 Å². The molecule has 28 heavy (non-hydrogen) atoms. The molecule has 3 rings (SSSR count). The van der Waals surface area contributed by atoms with E-state index in [-0.39, 0.29) is 17.3 Å². The van der Waals surface area contributed by atoms with Crippen molar-refractivity contribution >= 4 is 15.7 Å². The molecule has 1 aliphatic heterocycles. The molecule has 0 atom stereocenters. The molecule has 1 aromatic carbocycles. The summed E-state index contributed by atoms with van der Waals surface area (Å²) in [5.41, 5.74) is -0.831. The van der Waals surface area contributed by atoms with Crippen molar-refractivity contribution in [3.8, 4) is 11.4 Å². The van der Waals surface area contributed by atoms with E-state index in [4.69, 9.17) is 4.52 Å². The molecule has 0 radical (unpaired) electrons. The van der Waals surface area contributed by atoms with Gasteiger partial charge in [0.1, 0.15) is 11.5 Å². The van der Waals surface area contributed by atoms with Gasteiger partial charge in [-0.2, -0.15) is 18.2 Å². The third kappa shape index (κ3) is 5.09. The predicted octanol–water partition coefficient (Wildman–Crippen LogP) is 2.68. The fraction of sp³-hybridized carbons (Fsp3) is 0.471. The van der Waals surface area contributed by atoms with Crippen molar-refractivity contribution in [2.24, 2.45) is 0 Å². The Morgan fingerprint density at radius 3 is 2.57 bits per heavy atom. The van der Waals surface area contributed by atoms with E-state index in [2.05, 4.69) is 10.1 Å². The topological polar surface area (TPSA) is 93.4 Å². The molecule has 0 bridgehead atoms. The summed E-state index contributed by atoms with van der Waals surface area (Å²) in [5, 5.41) is 3.55. The lowest BCUT2D eigenvalue weighted by Gasteiger charge is -2.26. The van der Waals surface area contributed by atoms with Crippen LogP contribution in [0.25, 0.3) is 11.4 Å². The van der Waals surface area contributed by atoms with Gasteiger partial charge in [-0.05, 0) is 31.4 Å². The third-order valence-electron chi connectivity index (χ3n) is 4.31. The molecule has 1 aromatic heterocycles. The number of halogens is 3. The second kappa shape index (κ2) is 7.90. The SMILES string of the molecule is O=C(CS(=O)(=O)Cc1nc(-c2cccc(C(F)(F)F)c2)no1)N1CCCCC1. The van der Waals surface area contributed by atoms with E-state index >= 15 is 0 Å². The number of rotatable bonds is 5. The summed E-state index contributed by atoms with van der Waals surface area (Å²) in [5.74, 6) is -2.23. The Kier molecular flexibility index (Phi) is 5.73. The number of amides is 1. The largest absolute Gasteiger partial charge is 0.416 e. The Morgan fingerprint density at radius 2 is 1.89 bits per heavy atom. The number of aromatic nitrogens is 2. The van der Waals surface area contributed by atoms with Crippen LogP contribution in [0.2, 0.25) is 0 Å². The highest BCUT2D eigenvalue weighted by Crippen LogP contribution is 2.31. The number of benzene rings is 1. The first-order chi connectivity index (χ1) is 13.1. The van der Waals surface area contributed by atoms with E-state index in [1.54, 1.807) is 0 Å². The predicted molar refractivity (Wildman–Crippen MR) is 92.7 cm³/mol. The summed E-state index contributed by atoms with van der Waals surface area (Å²) < 4.78 is 67.8. The van der Waals surface area contributed by atoms with Gasteiger partial charge in [0.2, 0.25) is 17.6 Å². The number of hydrogen-bond donors (Lipinski definition) is 0. The van der Waals surface area contributed by atoms with Gasteiger partial charge in [-0.25, -0.2) is 8.42 Å². The average Bonchev–Trinajstić information content (AvgIpc) is 3.09. The quantitative estimate of drug-likeness (QED) is 0.743. The molecule has 7 nitrogen and oxygen atoms in total. The zero-order valence-corrected chi connectivity index (χ0v) is 15.6. The van der Waals surface area contributed by atoms with Crippen molar-refractivity contribution in [2.75, 3.05) is 18.8 Å². The summed E-state index contributed by atoms with van der Waals surface area (Å²) in [4.78, 5) is 17.5. The van der Waals surface area contributed by atoms with Crippen molar-refractivity contribution in [1.82, 2.24) is 15.0 Å². The number of piperidine rings is 1. The van der Waals surface area contributed by atoms with E-state index in [1.807, 2.05) is 0 Å². The monoisotopic (exact) mass is 417 g/mol. The van der Waals surface area contributed by atoms with Crippen LogP contribution in [0.15, 0.2) is 28.8 Å². The minimum absolute atomic E-state index is 0.0478. The Morgan fingerprint density at radius 1 is 1.18 bits per heavy atom. The molecule has 1 fully saturated rings. The molecule has 1 saturated heterocycles. The molecule has 1 amide bonds. The fourth-order valence-corrected chi connectivity index (χ4v) is 4.08. The van der Waals surface area contributed by atoms with Crippen LogP contribution >= 0.6 is 0 Å². The molecule has 0 aliphatic carbocycles. The van der Waals surface area contributed by atoms with Crippen molar-refractivity contribution < 1.29 is 30.9 Å². The van der Waals surface area contributed by atoms with Crippen molar-refractivity contribution in [3.05, 3.63) is 35.7 Å². The molecule has 11 heteroatoms. The Balaban J connectivity index is 1.69. The highest BCUT2D eigenvalue weighted by atomic mass is 32.2. The van der Waals surface area contributed by atoms with E-state index in [9.17, 15) is 26.4 Å². The van der Waals surface area contributed by atoms with Crippen LogP contribution in [0.1, 0.15) is 30.7 Å². The van der Waals surface area contributed by atoms with E-state index < -0.39 is 39.0 Å². The molecule has 0 spiro atoms. The Hall–Kier alpha value is -2.43. The van der Waals surface area contributed by atoms with Gasteiger partial charge in [-0.3, -0.25) is 4.79 Å². The first-order valence-electron chi connectivity index (χ1n) is 8.62. The molecule has 152 valence electrons. The normalized spacial score (nSPS) is 15.6. The van der Waals surface area contributed by atoms with Gasteiger partial charge >= 0.3 is 6.18 Å². The average molecular weight is 417 g/mol. The van der Waals surface area contributed by atoms with E-state index in [0.29, 0.717) is 13.1 Å². The van der Waals surface area contributed by atoms with Gasteiger partial charge in [0.15, 0.2) is 9.84 Å². The van der Waals surface area contributed by atoms with Crippen LogP contribution in [0.3, 0.4) is 0 Å². The van der Waals surface area contributed by atoms with E-state index in [0.717, 1.165) is 31.4 Å². The number of carbonyl (C=O) groups is 1. The number of hydrogen-bond acceptors (Lipinski definition) is 6. The summed E-state index contributed by atoms with van der Waals surface area (Å²) in [6, 6.07) is 4.31. The van der Waals surface area contributed by atoms with Crippen molar-refractivity contribution in [3.63, 3.8) is 0 Å². The lowest BCUT2D eigenvalue weighted by atomic mass is 10.1. The minimum Gasteiger partial charge on any atom is -0.342 e. The van der Waals surface area contributed by atoms with Gasteiger partial charge < -0.3 is 9.42 Å². The zero-order valence-electron chi connectivity index (χ0n) is 14.8. The minimum atomic E-state index is -4.53. The number of alkyl halides is 3. The summed E-state index contributed by atoms with van der Waals surface area (Å²) in [7, 11) is -3.85. The maximum absolute atomic E-state index is 12.8. The van der Waals surface area contributed by atoms with Crippen molar-refractivity contribution in [1.29, 1.82) is 0 Å². The second-order valence-corrected chi connectivity index (χ2v) is 8.63. The molecule has 2 heterocycles. The van der Waals surface area contributed by atoms with Gasteiger partial charge in [-0.15, -0.1) is 0 Å². The highest BCUT2D eigenvalue weighted by Gasteiger charge is 2.31. The number of likely N-dealkylation sites (tertiary alicyclic amines) is 1. The molecule has 2 aromatic rings. The first kappa shape index (κ1) is 20.3. The molecule has 1 aliphatic rings. The van der Waals surface area contributed by atoms with Crippen LogP contribution < -0.4 is 0 Å². The molecular formula is C17H18F3N3O4S. The standard InChI is InChI=1S/C17H18F3N3O4S/c18-17(19,20)13-6-4-5-12(9-13)16-21-14(27-22-16)10-28(25,26)11-15(24)23-7-2-1-3-8-23/h4-6,9H,1-3,7-8,10-11H2. The van der Waals surface area contributed by atoms with Crippen LogP contribution in [0, 0.1) is 0 Å². The number of carbonyl (C=O) groups excluding carboxylic acids is 1.